The molecule has 0 fully saturated rings. The zero-order chi connectivity index (χ0) is 10.7. The van der Waals surface area contributed by atoms with Gasteiger partial charge in [-0.15, -0.1) is 0 Å². The van der Waals surface area contributed by atoms with Crippen LogP contribution in [0.25, 0.3) is 0 Å². The number of hydrogen-bond donors (Lipinski definition) is 2. The van der Waals surface area contributed by atoms with Crippen molar-refractivity contribution in [3.63, 3.8) is 0 Å². The van der Waals surface area contributed by atoms with Crippen molar-refractivity contribution >= 4 is 32.0 Å². The Bertz CT molecular complexity index is 411. The minimum Gasteiger partial charge on any atom is -0.387 e. The average Bonchev–Trinajstić information content (AvgIpc) is 2.16. The van der Waals surface area contributed by atoms with E-state index in [1.807, 2.05) is 35.6 Å². The van der Waals surface area contributed by atoms with Crippen LogP contribution in [0.1, 0.15) is 12.5 Å². The molecule has 14 heavy (non-hydrogen) atoms. The third-order valence-corrected chi connectivity index (χ3v) is 2.53. The Kier molecular flexibility index (Phi) is 3.68. The molecule has 2 N–H and O–H groups in total. The lowest BCUT2D eigenvalue weighted by molar-refractivity contribution is 0.726. The third kappa shape index (κ3) is 1.97. The van der Waals surface area contributed by atoms with Crippen LogP contribution < -0.4 is 10.9 Å². The summed E-state index contributed by atoms with van der Waals surface area (Å²) in [6.07, 6.45) is 1.73. The second kappa shape index (κ2) is 4.59. The molecule has 0 aliphatic carbocycles. The Balaban J connectivity index is 3.47. The number of pyridine rings is 1. The fraction of sp³-hybridized carbons (Fsp3) is 0.333. The summed E-state index contributed by atoms with van der Waals surface area (Å²) in [5.74, 6) is 0. The maximum atomic E-state index is 11.8. The molecule has 1 aromatic heterocycles. The summed E-state index contributed by atoms with van der Waals surface area (Å²) < 4.78 is 1.85. The minimum atomic E-state index is -0.112. The molecule has 76 valence electrons. The predicted molar refractivity (Wildman–Crippen MR) is 66.8 cm³/mol. The van der Waals surface area contributed by atoms with E-state index >= 15 is 0 Å². The largest absolute Gasteiger partial charge is 0.387 e. The number of aromatic nitrogens is 1. The maximum Gasteiger partial charge on any atom is 0.262 e. The standard InChI is InChI=1S/C9H12IN3O/c1-3-13-5-4-6(12-2)7(8(10)11)9(13)14/h4-5,11-12H,3H2,1-2H3. The predicted octanol–water partition coefficient (Wildman–Crippen LogP) is 1.67. The van der Waals surface area contributed by atoms with Crippen LogP contribution in [0.15, 0.2) is 17.1 Å². The van der Waals surface area contributed by atoms with Crippen LogP contribution in [0.4, 0.5) is 5.69 Å². The van der Waals surface area contributed by atoms with Gasteiger partial charge in [0.2, 0.25) is 0 Å². The highest BCUT2D eigenvalue weighted by Crippen LogP contribution is 2.13. The summed E-state index contributed by atoms with van der Waals surface area (Å²) in [4.78, 5) is 11.8. The molecule has 1 aromatic rings. The first kappa shape index (κ1) is 11.2. The van der Waals surface area contributed by atoms with Gasteiger partial charge in [0.05, 0.1) is 11.3 Å². The van der Waals surface area contributed by atoms with Crippen LogP contribution in [-0.2, 0) is 6.54 Å². The van der Waals surface area contributed by atoms with E-state index < -0.39 is 0 Å². The third-order valence-electron chi connectivity index (χ3n) is 1.99. The van der Waals surface area contributed by atoms with Gasteiger partial charge in [0.1, 0.15) is 3.72 Å². The molecule has 0 unspecified atom stereocenters. The summed E-state index contributed by atoms with van der Waals surface area (Å²) in [7, 11) is 1.74. The van der Waals surface area contributed by atoms with Crippen LogP contribution in [0.3, 0.4) is 0 Å². The molecule has 5 heteroatoms. The van der Waals surface area contributed by atoms with Crippen LogP contribution in [-0.4, -0.2) is 15.3 Å². The Labute approximate surface area is 96.0 Å². The summed E-state index contributed by atoms with van der Waals surface area (Å²) >= 11 is 1.85. The van der Waals surface area contributed by atoms with Crippen molar-refractivity contribution in [1.82, 2.24) is 4.57 Å². The normalized spacial score (nSPS) is 9.93. The smallest absolute Gasteiger partial charge is 0.262 e. The molecule has 0 amide bonds. The Hall–Kier alpha value is -0.850. The van der Waals surface area contributed by atoms with E-state index in [9.17, 15) is 4.79 Å². The van der Waals surface area contributed by atoms with Crippen molar-refractivity contribution in [3.8, 4) is 0 Å². The van der Waals surface area contributed by atoms with Gasteiger partial charge < -0.3 is 9.88 Å². The van der Waals surface area contributed by atoms with Gasteiger partial charge in [0.25, 0.3) is 5.56 Å². The minimum absolute atomic E-state index is 0.112. The first-order chi connectivity index (χ1) is 6.61. The summed E-state index contributed by atoms with van der Waals surface area (Å²) in [6, 6.07) is 1.81. The van der Waals surface area contributed by atoms with Crippen LogP contribution in [0.2, 0.25) is 0 Å². The van der Waals surface area contributed by atoms with Crippen molar-refractivity contribution in [2.75, 3.05) is 12.4 Å². The Morgan fingerprint density at radius 2 is 2.36 bits per heavy atom. The van der Waals surface area contributed by atoms with Gasteiger partial charge in [-0.2, -0.15) is 0 Å². The van der Waals surface area contributed by atoms with E-state index in [2.05, 4.69) is 5.32 Å². The van der Waals surface area contributed by atoms with E-state index in [1.54, 1.807) is 17.8 Å². The van der Waals surface area contributed by atoms with Gasteiger partial charge >= 0.3 is 0 Å². The van der Waals surface area contributed by atoms with Crippen LogP contribution in [0.5, 0.6) is 0 Å². The van der Waals surface area contributed by atoms with E-state index in [1.165, 1.54) is 0 Å². The molecule has 0 saturated carbocycles. The van der Waals surface area contributed by atoms with E-state index in [0.717, 1.165) is 0 Å². The molecule has 0 radical (unpaired) electrons. The van der Waals surface area contributed by atoms with Crippen molar-refractivity contribution in [3.05, 3.63) is 28.2 Å². The zero-order valence-corrected chi connectivity index (χ0v) is 10.3. The van der Waals surface area contributed by atoms with E-state index in [0.29, 0.717) is 17.8 Å². The van der Waals surface area contributed by atoms with Gasteiger partial charge in [-0.1, -0.05) is 0 Å². The average molecular weight is 305 g/mol. The summed E-state index contributed by atoms with van der Waals surface area (Å²) in [5, 5.41) is 10.4. The van der Waals surface area contributed by atoms with Gasteiger partial charge in [-0.05, 0) is 35.6 Å². The summed E-state index contributed by atoms with van der Waals surface area (Å²) in [5.41, 5.74) is 1.04. The summed E-state index contributed by atoms with van der Waals surface area (Å²) in [6.45, 7) is 2.53. The van der Waals surface area contributed by atoms with Crippen molar-refractivity contribution in [1.29, 1.82) is 5.41 Å². The molecule has 0 aromatic carbocycles. The first-order valence-corrected chi connectivity index (χ1v) is 5.35. The number of hydrogen-bond acceptors (Lipinski definition) is 3. The van der Waals surface area contributed by atoms with Gasteiger partial charge in [0, 0.05) is 19.8 Å². The number of anilines is 1. The number of halogens is 1. The molecule has 1 heterocycles. The van der Waals surface area contributed by atoms with Gasteiger partial charge in [-0.25, -0.2) is 0 Å². The molecule has 0 saturated heterocycles. The molecule has 4 nitrogen and oxygen atoms in total. The van der Waals surface area contributed by atoms with Crippen LogP contribution >= 0.6 is 22.6 Å². The number of nitrogens with zero attached hydrogens (tertiary/aromatic N) is 1. The lowest BCUT2D eigenvalue weighted by atomic mass is 10.2. The number of rotatable bonds is 3. The molecule has 0 spiro atoms. The Morgan fingerprint density at radius 1 is 1.71 bits per heavy atom. The van der Waals surface area contributed by atoms with Crippen LogP contribution in [0, 0.1) is 5.41 Å². The lowest BCUT2D eigenvalue weighted by Crippen LogP contribution is -2.25. The highest BCUT2D eigenvalue weighted by molar-refractivity contribution is 14.1. The second-order valence-electron chi connectivity index (χ2n) is 2.76. The van der Waals surface area contributed by atoms with Gasteiger partial charge in [0.15, 0.2) is 0 Å². The highest BCUT2D eigenvalue weighted by atomic mass is 127. The Morgan fingerprint density at radius 3 is 2.79 bits per heavy atom. The lowest BCUT2D eigenvalue weighted by Gasteiger charge is -2.09. The topological polar surface area (TPSA) is 57.9 Å². The van der Waals surface area contributed by atoms with Gasteiger partial charge in [-0.3, -0.25) is 10.2 Å². The molecule has 0 aliphatic heterocycles. The highest BCUT2D eigenvalue weighted by Gasteiger charge is 2.11. The zero-order valence-electron chi connectivity index (χ0n) is 8.10. The number of aryl methyl sites for hydroxylation is 1. The fourth-order valence-electron chi connectivity index (χ4n) is 1.24. The number of nitrogens with one attached hydrogen (secondary N) is 2. The van der Waals surface area contributed by atoms with Crippen molar-refractivity contribution in [2.45, 2.75) is 13.5 Å². The molecule has 0 atom stereocenters. The SMILES string of the molecule is CCn1ccc(NC)c(C(=N)I)c1=O. The second-order valence-corrected chi connectivity index (χ2v) is 3.84. The fourth-order valence-corrected chi connectivity index (χ4v) is 1.77. The molecule has 0 aliphatic rings. The molecule has 1 rings (SSSR count). The monoisotopic (exact) mass is 305 g/mol. The quantitative estimate of drug-likeness (QED) is 0.659. The molecular formula is C9H12IN3O. The first-order valence-electron chi connectivity index (χ1n) is 4.27. The maximum absolute atomic E-state index is 11.8. The molecule has 0 bridgehead atoms. The van der Waals surface area contributed by atoms with Crippen molar-refractivity contribution in [2.24, 2.45) is 0 Å². The van der Waals surface area contributed by atoms with E-state index in [-0.39, 0.29) is 9.28 Å². The van der Waals surface area contributed by atoms with E-state index in [4.69, 9.17) is 5.41 Å². The van der Waals surface area contributed by atoms with Crippen molar-refractivity contribution < 1.29 is 0 Å². The molecular weight excluding hydrogens is 293 g/mol.